The van der Waals surface area contributed by atoms with Crippen LogP contribution in [0.25, 0.3) is 22.0 Å². The molecule has 0 saturated carbocycles. The molecule has 0 unspecified atom stereocenters. The van der Waals surface area contributed by atoms with Crippen LogP contribution in [-0.4, -0.2) is 47.8 Å². The summed E-state index contributed by atoms with van der Waals surface area (Å²) in [5.74, 6) is -0.00270. The van der Waals surface area contributed by atoms with Gasteiger partial charge in [0.2, 0.25) is 5.12 Å². The number of nitrogens with zero attached hydrogens (tertiary/aromatic N) is 1. The summed E-state index contributed by atoms with van der Waals surface area (Å²) in [4.78, 5) is 30.1. The van der Waals surface area contributed by atoms with Crippen LogP contribution in [0.1, 0.15) is 33.1 Å². The summed E-state index contributed by atoms with van der Waals surface area (Å²) in [6.07, 6.45) is 1.72. The first-order valence-corrected chi connectivity index (χ1v) is 12.9. The van der Waals surface area contributed by atoms with Gasteiger partial charge in [-0.3, -0.25) is 9.69 Å². The van der Waals surface area contributed by atoms with Crippen molar-refractivity contribution in [2.24, 2.45) is 0 Å². The third-order valence-corrected chi connectivity index (χ3v) is 7.71. The van der Waals surface area contributed by atoms with Crippen LogP contribution in [0.15, 0.2) is 54.6 Å². The molecule has 1 aliphatic carbocycles. The Bertz CT molecular complexity index is 1500. The van der Waals surface area contributed by atoms with Crippen LogP contribution in [0, 0.1) is 0 Å². The lowest BCUT2D eigenvalue weighted by atomic mass is 9.98. The van der Waals surface area contributed by atoms with Crippen molar-refractivity contribution >= 4 is 39.6 Å². The van der Waals surface area contributed by atoms with Gasteiger partial charge in [0.15, 0.2) is 11.5 Å². The monoisotopic (exact) mass is 500 g/mol. The second-order valence-corrected chi connectivity index (χ2v) is 9.66. The highest BCUT2D eigenvalue weighted by Gasteiger charge is 2.36. The molecule has 1 aromatic heterocycles. The van der Waals surface area contributed by atoms with Crippen molar-refractivity contribution in [1.82, 2.24) is 4.98 Å². The number of anilines is 1. The van der Waals surface area contributed by atoms with Crippen molar-refractivity contribution in [2.75, 3.05) is 31.4 Å². The van der Waals surface area contributed by atoms with Gasteiger partial charge in [0.05, 0.1) is 24.0 Å². The van der Waals surface area contributed by atoms with Crippen molar-refractivity contribution in [3.05, 3.63) is 77.0 Å². The molecule has 0 radical (unpaired) electrons. The zero-order valence-corrected chi connectivity index (χ0v) is 20.6. The van der Waals surface area contributed by atoms with E-state index in [1.54, 1.807) is 12.3 Å². The molecule has 1 aliphatic heterocycles. The van der Waals surface area contributed by atoms with E-state index < -0.39 is 6.09 Å². The van der Waals surface area contributed by atoms with Gasteiger partial charge in [0.25, 0.3) is 0 Å². The number of aromatic hydroxyl groups is 1. The van der Waals surface area contributed by atoms with E-state index in [2.05, 4.69) is 29.2 Å². The number of H-pyrrole nitrogens is 1. The van der Waals surface area contributed by atoms with E-state index in [0.717, 1.165) is 45.0 Å². The number of aromatic amines is 1. The number of thioether (sulfide) groups is 1. The lowest BCUT2D eigenvalue weighted by Gasteiger charge is -2.21. The minimum absolute atomic E-state index is 0.0566. The number of fused-ring (bicyclic) bond motifs is 6. The van der Waals surface area contributed by atoms with Crippen LogP contribution < -0.4 is 9.64 Å². The number of aromatic nitrogens is 1. The molecule has 36 heavy (non-hydrogen) atoms. The molecule has 2 heterocycles. The Kier molecular flexibility index (Phi) is 5.41. The van der Waals surface area contributed by atoms with Gasteiger partial charge in [0, 0.05) is 17.8 Å². The smallest absolute Gasteiger partial charge is 0.414 e. The third-order valence-electron chi connectivity index (χ3n) is 7.12. The molecular weight excluding hydrogens is 476 g/mol. The summed E-state index contributed by atoms with van der Waals surface area (Å²) < 4.78 is 11.3. The van der Waals surface area contributed by atoms with Crippen molar-refractivity contribution in [2.45, 2.75) is 12.3 Å². The van der Waals surface area contributed by atoms with Crippen molar-refractivity contribution in [3.63, 3.8) is 0 Å². The highest BCUT2D eigenvalue weighted by Crippen LogP contribution is 2.50. The molecule has 4 aromatic rings. The SMILES string of the molecule is COc1c(O)c2c(c3cc(C(=O)SC)[nH]c13)CCN2C(=O)OCC1c2ccccc2-c2ccccc21. The molecule has 2 aliphatic rings. The minimum Gasteiger partial charge on any atom is -0.503 e. The number of carbonyl (C=O) groups excluding carboxylic acids is 2. The van der Waals surface area contributed by atoms with Crippen molar-refractivity contribution < 1.29 is 24.2 Å². The Morgan fingerprint density at radius 2 is 1.78 bits per heavy atom. The van der Waals surface area contributed by atoms with Gasteiger partial charge >= 0.3 is 6.09 Å². The Labute approximate surface area is 212 Å². The number of rotatable bonds is 4. The summed E-state index contributed by atoms with van der Waals surface area (Å²) in [5, 5.41) is 11.7. The van der Waals surface area contributed by atoms with E-state index in [1.807, 2.05) is 24.3 Å². The van der Waals surface area contributed by atoms with Gasteiger partial charge < -0.3 is 19.6 Å². The zero-order valence-electron chi connectivity index (χ0n) is 19.8. The number of carbonyl (C=O) groups is 2. The Hall–Kier alpha value is -3.91. The minimum atomic E-state index is -0.525. The van der Waals surface area contributed by atoms with E-state index in [-0.39, 0.29) is 29.1 Å². The maximum Gasteiger partial charge on any atom is 0.414 e. The summed E-state index contributed by atoms with van der Waals surface area (Å²) in [6.45, 7) is 0.550. The van der Waals surface area contributed by atoms with Gasteiger partial charge in [0.1, 0.15) is 6.61 Å². The predicted molar refractivity (Wildman–Crippen MR) is 140 cm³/mol. The maximum absolute atomic E-state index is 13.3. The first-order valence-electron chi connectivity index (χ1n) is 11.7. The topological polar surface area (TPSA) is 91.9 Å². The van der Waals surface area contributed by atoms with Gasteiger partial charge in [-0.1, -0.05) is 60.3 Å². The van der Waals surface area contributed by atoms with E-state index in [0.29, 0.717) is 29.9 Å². The van der Waals surface area contributed by atoms with Crippen LogP contribution in [0.5, 0.6) is 11.5 Å². The fraction of sp³-hybridized carbons (Fsp3) is 0.214. The van der Waals surface area contributed by atoms with Gasteiger partial charge in [-0.05, 0) is 46.6 Å². The normalized spacial score (nSPS) is 14.0. The number of phenols is 1. The largest absolute Gasteiger partial charge is 0.503 e. The lowest BCUT2D eigenvalue weighted by molar-refractivity contribution is 0.108. The number of amides is 1. The molecular formula is C28H24N2O5S. The molecule has 8 heteroatoms. The van der Waals surface area contributed by atoms with Gasteiger partial charge in [-0.25, -0.2) is 4.79 Å². The summed E-state index contributed by atoms with van der Waals surface area (Å²) in [7, 11) is 1.45. The fourth-order valence-electron chi connectivity index (χ4n) is 5.52. The number of methoxy groups -OCH3 is 1. The molecule has 0 bridgehead atoms. The molecule has 6 rings (SSSR count). The second kappa shape index (κ2) is 8.64. The molecule has 0 fully saturated rings. The molecule has 7 nitrogen and oxygen atoms in total. The lowest BCUT2D eigenvalue weighted by Crippen LogP contribution is -2.31. The third kappa shape index (κ3) is 3.28. The first kappa shape index (κ1) is 22.5. The number of hydrogen-bond acceptors (Lipinski definition) is 6. The number of ether oxygens (including phenoxy) is 2. The average molecular weight is 501 g/mol. The number of phenolic OH excluding ortho intramolecular Hbond substituents is 1. The molecule has 2 N–H and O–H groups in total. The molecule has 182 valence electrons. The predicted octanol–water partition coefficient (Wildman–Crippen LogP) is 5.70. The molecule has 0 saturated heterocycles. The summed E-state index contributed by atoms with van der Waals surface area (Å²) in [6, 6.07) is 18.1. The second-order valence-electron chi connectivity index (χ2n) is 8.88. The fourth-order valence-corrected chi connectivity index (χ4v) is 5.85. The van der Waals surface area contributed by atoms with Crippen LogP contribution in [0.4, 0.5) is 10.5 Å². The van der Waals surface area contributed by atoms with Gasteiger partial charge in [-0.2, -0.15) is 0 Å². The maximum atomic E-state index is 13.3. The standard InChI is InChI=1S/C28H24N2O5S/c1-34-26-23-20(13-22(29-23)27(32)36-2)19-11-12-30(24(19)25(26)31)28(33)35-14-21-17-9-5-3-7-15(17)16-8-4-6-10-18(16)21/h3-10,13,21,29,31H,11-12,14H2,1-2H3. The molecule has 0 spiro atoms. The van der Waals surface area contributed by atoms with E-state index >= 15 is 0 Å². The van der Waals surface area contributed by atoms with Crippen LogP contribution in [-0.2, 0) is 11.2 Å². The Morgan fingerprint density at radius 3 is 2.42 bits per heavy atom. The zero-order chi connectivity index (χ0) is 25.0. The van der Waals surface area contributed by atoms with E-state index in [9.17, 15) is 14.7 Å². The quantitative estimate of drug-likeness (QED) is 0.374. The molecule has 0 atom stereocenters. The van der Waals surface area contributed by atoms with Crippen molar-refractivity contribution in [3.8, 4) is 22.6 Å². The number of nitrogens with one attached hydrogen (secondary N) is 1. The van der Waals surface area contributed by atoms with Crippen LogP contribution >= 0.6 is 11.8 Å². The van der Waals surface area contributed by atoms with Crippen molar-refractivity contribution in [1.29, 1.82) is 0 Å². The highest BCUT2D eigenvalue weighted by molar-refractivity contribution is 8.13. The highest BCUT2D eigenvalue weighted by atomic mass is 32.2. The Balaban J connectivity index is 1.32. The molecule has 1 amide bonds. The molecule has 3 aromatic carbocycles. The Morgan fingerprint density at radius 1 is 1.11 bits per heavy atom. The van der Waals surface area contributed by atoms with E-state index in [1.165, 1.54) is 12.0 Å². The van der Waals surface area contributed by atoms with Gasteiger partial charge in [-0.15, -0.1) is 0 Å². The average Bonchev–Trinajstić information content (AvgIpc) is 3.61. The van der Waals surface area contributed by atoms with E-state index in [4.69, 9.17) is 9.47 Å². The summed E-state index contributed by atoms with van der Waals surface area (Å²) in [5.41, 5.74) is 6.72. The number of hydrogen-bond donors (Lipinski definition) is 2. The van der Waals surface area contributed by atoms with Crippen LogP contribution in [0.2, 0.25) is 0 Å². The van der Waals surface area contributed by atoms with Crippen LogP contribution in [0.3, 0.4) is 0 Å². The first-order chi connectivity index (χ1) is 17.5. The number of benzene rings is 3. The summed E-state index contributed by atoms with van der Waals surface area (Å²) >= 11 is 1.10.